The van der Waals surface area contributed by atoms with E-state index in [-0.39, 0.29) is 17.3 Å². The molecule has 0 aliphatic carbocycles. The van der Waals surface area contributed by atoms with Crippen LogP contribution in [0.2, 0.25) is 10.0 Å². The van der Waals surface area contributed by atoms with E-state index in [0.717, 1.165) is 8.78 Å². The molecule has 1 atom stereocenters. The van der Waals surface area contributed by atoms with Crippen LogP contribution in [0.15, 0.2) is 82.2 Å². The monoisotopic (exact) mass is 625 g/mol. The Labute approximate surface area is 235 Å². The molecule has 0 aliphatic heterocycles. The average Bonchev–Trinajstić information content (AvgIpc) is 2.88. The number of hydrogen-bond acceptors (Lipinski definition) is 4. The number of carbonyl (C=O) groups excluding carboxylic acids is 2. The molecular weight excluding hydrogens is 601 g/mol. The van der Waals surface area contributed by atoms with Gasteiger partial charge in [0.2, 0.25) is 11.8 Å². The number of nitrogens with one attached hydrogen (secondary N) is 1. The normalized spacial score (nSPS) is 12.0. The quantitative estimate of drug-likeness (QED) is 0.322. The highest BCUT2D eigenvalue weighted by atomic mass is 79.9. The summed E-state index contributed by atoms with van der Waals surface area (Å²) in [6, 6.07) is 18.4. The molecule has 1 N–H and O–H groups in total. The Bertz CT molecular complexity index is 1340. The summed E-state index contributed by atoms with van der Waals surface area (Å²) in [5, 5.41) is 3.36. The summed E-state index contributed by atoms with van der Waals surface area (Å²) >= 11 is 16.1. The Balaban J connectivity index is 2.05. The van der Waals surface area contributed by atoms with E-state index in [4.69, 9.17) is 23.2 Å². The number of benzene rings is 3. The Morgan fingerprint density at radius 1 is 0.946 bits per heavy atom. The number of nitrogens with zero attached hydrogens (tertiary/aromatic N) is 2. The third kappa shape index (κ3) is 7.04. The maximum atomic E-state index is 13.8. The van der Waals surface area contributed by atoms with Crippen LogP contribution in [0.3, 0.4) is 0 Å². The van der Waals surface area contributed by atoms with Crippen molar-refractivity contribution in [2.45, 2.75) is 31.3 Å². The van der Waals surface area contributed by atoms with Crippen molar-refractivity contribution in [3.05, 3.63) is 92.9 Å². The summed E-state index contributed by atoms with van der Waals surface area (Å²) in [6.07, 6.45) is 0. The second-order valence-electron chi connectivity index (χ2n) is 8.09. The van der Waals surface area contributed by atoms with Crippen LogP contribution in [0.25, 0.3) is 0 Å². The lowest BCUT2D eigenvalue weighted by Crippen LogP contribution is -2.51. The second kappa shape index (κ2) is 12.8. The highest BCUT2D eigenvalue weighted by Crippen LogP contribution is 2.28. The number of sulfonamides is 1. The fourth-order valence-electron chi connectivity index (χ4n) is 3.61. The van der Waals surface area contributed by atoms with Gasteiger partial charge in [-0.2, -0.15) is 0 Å². The first-order chi connectivity index (χ1) is 17.6. The summed E-state index contributed by atoms with van der Waals surface area (Å²) in [7, 11) is -4.12. The standard InChI is InChI=1S/C26H26BrCl2N3O4S/c1-3-30-26(34)18(2)31(16-22-23(28)10-7-11-24(22)29)25(33)17-32(20-14-12-19(27)13-15-20)37(35,36)21-8-5-4-6-9-21/h4-15,18H,3,16-17H2,1-2H3,(H,30,34)/t18-/m0/s1. The molecule has 0 unspecified atom stereocenters. The van der Waals surface area contributed by atoms with Crippen molar-refractivity contribution >= 4 is 66.7 Å². The Morgan fingerprint density at radius 2 is 1.54 bits per heavy atom. The third-order valence-corrected chi connectivity index (χ3v) is 8.66. The molecule has 0 aromatic heterocycles. The van der Waals surface area contributed by atoms with Crippen LogP contribution < -0.4 is 9.62 Å². The zero-order chi connectivity index (χ0) is 27.2. The molecule has 0 bridgehead atoms. The van der Waals surface area contributed by atoms with Crippen molar-refractivity contribution in [1.82, 2.24) is 10.2 Å². The third-order valence-electron chi connectivity index (χ3n) is 5.63. The molecule has 7 nitrogen and oxygen atoms in total. The highest BCUT2D eigenvalue weighted by Gasteiger charge is 2.33. The molecule has 0 fully saturated rings. The molecule has 0 saturated carbocycles. The van der Waals surface area contributed by atoms with Gasteiger partial charge in [0.15, 0.2) is 0 Å². The molecule has 3 aromatic carbocycles. The van der Waals surface area contributed by atoms with Gasteiger partial charge in [0, 0.05) is 33.2 Å². The van der Waals surface area contributed by atoms with Crippen molar-refractivity contribution in [2.24, 2.45) is 0 Å². The van der Waals surface area contributed by atoms with Crippen LogP contribution in [0.1, 0.15) is 19.4 Å². The topological polar surface area (TPSA) is 86.8 Å². The predicted octanol–water partition coefficient (Wildman–Crippen LogP) is 5.50. The number of amides is 2. The molecule has 0 radical (unpaired) electrons. The van der Waals surface area contributed by atoms with Crippen molar-refractivity contribution in [1.29, 1.82) is 0 Å². The van der Waals surface area contributed by atoms with Gasteiger partial charge in [-0.1, -0.05) is 63.4 Å². The van der Waals surface area contributed by atoms with Gasteiger partial charge in [-0.25, -0.2) is 8.42 Å². The molecule has 3 rings (SSSR count). The largest absolute Gasteiger partial charge is 0.355 e. The van der Waals surface area contributed by atoms with Crippen LogP contribution in [0.5, 0.6) is 0 Å². The van der Waals surface area contributed by atoms with E-state index in [1.165, 1.54) is 17.0 Å². The first-order valence-corrected chi connectivity index (χ1v) is 14.4. The van der Waals surface area contributed by atoms with Crippen molar-refractivity contribution < 1.29 is 18.0 Å². The molecule has 2 amide bonds. The van der Waals surface area contributed by atoms with E-state index < -0.39 is 28.5 Å². The van der Waals surface area contributed by atoms with E-state index in [1.54, 1.807) is 74.5 Å². The SMILES string of the molecule is CCNC(=O)[C@H](C)N(Cc1c(Cl)cccc1Cl)C(=O)CN(c1ccc(Br)cc1)S(=O)(=O)c1ccccc1. The molecule has 3 aromatic rings. The van der Waals surface area contributed by atoms with Crippen LogP contribution >= 0.6 is 39.1 Å². The van der Waals surface area contributed by atoms with E-state index in [2.05, 4.69) is 21.2 Å². The predicted molar refractivity (Wildman–Crippen MR) is 150 cm³/mol. The molecule has 0 aliphatic rings. The number of likely N-dealkylation sites (N-methyl/N-ethyl adjacent to an activating group) is 1. The van der Waals surface area contributed by atoms with Crippen LogP contribution in [-0.2, 0) is 26.2 Å². The minimum absolute atomic E-state index is 0.0307. The number of halogens is 3. The molecule has 37 heavy (non-hydrogen) atoms. The number of carbonyl (C=O) groups is 2. The fraction of sp³-hybridized carbons (Fsp3) is 0.231. The number of rotatable bonds is 10. The average molecular weight is 627 g/mol. The number of anilines is 1. The van der Waals surface area contributed by atoms with E-state index in [1.807, 2.05) is 0 Å². The van der Waals surface area contributed by atoms with Crippen LogP contribution in [0, 0.1) is 0 Å². The zero-order valence-electron chi connectivity index (χ0n) is 20.2. The van der Waals surface area contributed by atoms with Gasteiger partial charge in [-0.3, -0.25) is 13.9 Å². The molecule has 0 heterocycles. The lowest BCUT2D eigenvalue weighted by atomic mass is 10.1. The van der Waals surface area contributed by atoms with Gasteiger partial charge in [0.25, 0.3) is 10.0 Å². The summed E-state index contributed by atoms with van der Waals surface area (Å²) in [6.45, 7) is 3.07. The van der Waals surface area contributed by atoms with E-state index in [0.29, 0.717) is 27.8 Å². The van der Waals surface area contributed by atoms with Gasteiger partial charge in [-0.05, 0) is 62.4 Å². The first kappa shape index (κ1) is 29.0. The zero-order valence-corrected chi connectivity index (χ0v) is 24.1. The molecule has 196 valence electrons. The van der Waals surface area contributed by atoms with Gasteiger partial charge >= 0.3 is 0 Å². The fourth-order valence-corrected chi connectivity index (χ4v) is 5.83. The molecule has 0 spiro atoms. The molecular formula is C26H26BrCl2N3O4S. The minimum atomic E-state index is -4.12. The van der Waals surface area contributed by atoms with Crippen LogP contribution in [-0.4, -0.2) is 44.3 Å². The molecule has 0 saturated heterocycles. The Kier molecular flexibility index (Phi) is 10.0. The van der Waals surface area contributed by atoms with E-state index >= 15 is 0 Å². The van der Waals surface area contributed by atoms with Gasteiger partial charge in [0.05, 0.1) is 10.6 Å². The maximum Gasteiger partial charge on any atom is 0.264 e. The van der Waals surface area contributed by atoms with Crippen molar-refractivity contribution in [3.8, 4) is 0 Å². The maximum absolute atomic E-state index is 13.8. The van der Waals surface area contributed by atoms with Crippen molar-refractivity contribution in [2.75, 3.05) is 17.4 Å². The van der Waals surface area contributed by atoms with Gasteiger partial charge in [-0.15, -0.1) is 0 Å². The first-order valence-electron chi connectivity index (χ1n) is 11.4. The smallest absolute Gasteiger partial charge is 0.264 e. The lowest BCUT2D eigenvalue weighted by Gasteiger charge is -2.32. The van der Waals surface area contributed by atoms with Crippen LogP contribution in [0.4, 0.5) is 5.69 Å². The second-order valence-corrected chi connectivity index (χ2v) is 11.7. The Morgan fingerprint density at radius 3 is 2.11 bits per heavy atom. The summed E-state index contributed by atoms with van der Waals surface area (Å²) in [5.74, 6) is -0.989. The molecule has 11 heteroatoms. The Hall–Kier alpha value is -2.59. The van der Waals surface area contributed by atoms with Gasteiger partial charge in [0.1, 0.15) is 12.6 Å². The summed E-state index contributed by atoms with van der Waals surface area (Å²) < 4.78 is 29.1. The van der Waals surface area contributed by atoms with E-state index in [9.17, 15) is 18.0 Å². The van der Waals surface area contributed by atoms with Crippen molar-refractivity contribution in [3.63, 3.8) is 0 Å². The lowest BCUT2D eigenvalue weighted by molar-refractivity contribution is -0.139. The minimum Gasteiger partial charge on any atom is -0.355 e. The number of hydrogen-bond donors (Lipinski definition) is 1. The highest BCUT2D eigenvalue weighted by molar-refractivity contribution is 9.10. The van der Waals surface area contributed by atoms with Gasteiger partial charge < -0.3 is 10.2 Å². The summed E-state index contributed by atoms with van der Waals surface area (Å²) in [5.41, 5.74) is 0.748. The summed E-state index contributed by atoms with van der Waals surface area (Å²) in [4.78, 5) is 27.9.